The number of aliphatic hydroxyl groups is 1. The van der Waals surface area contributed by atoms with Gasteiger partial charge in [-0.05, 0) is 12.8 Å². The molecule has 0 heterocycles. The Morgan fingerprint density at radius 1 is 1.20 bits per heavy atom. The molecule has 0 aliphatic carbocycles. The van der Waals surface area contributed by atoms with Crippen molar-refractivity contribution in [2.45, 2.75) is 38.6 Å². The van der Waals surface area contributed by atoms with Crippen LogP contribution < -0.4 is 5.32 Å². The summed E-state index contributed by atoms with van der Waals surface area (Å²) in [6.07, 6.45) is -3.26. The number of nitrogens with one attached hydrogen (secondary N) is 1. The summed E-state index contributed by atoms with van der Waals surface area (Å²) in [5.74, 6) is 0. The lowest BCUT2D eigenvalue weighted by atomic mass is 9.94. The molecule has 92 valence electrons. The molecule has 2 N–H and O–H groups in total. The minimum Gasteiger partial charge on any atom is -0.394 e. The highest BCUT2D eigenvalue weighted by atomic mass is 19.4. The number of rotatable bonds is 7. The van der Waals surface area contributed by atoms with Crippen LogP contribution in [-0.2, 0) is 4.74 Å². The van der Waals surface area contributed by atoms with Gasteiger partial charge in [0.2, 0.25) is 0 Å². The minimum absolute atomic E-state index is 0.0712. The molecule has 0 radical (unpaired) electrons. The number of alkyl halides is 3. The monoisotopic (exact) mass is 229 g/mol. The minimum atomic E-state index is -4.58. The van der Waals surface area contributed by atoms with Crippen molar-refractivity contribution in [2.24, 2.45) is 0 Å². The maximum absolute atomic E-state index is 11.6. The second-order valence-corrected chi connectivity index (χ2v) is 3.37. The van der Waals surface area contributed by atoms with Crippen LogP contribution in [0.3, 0.4) is 0 Å². The molecule has 0 unspecified atom stereocenters. The van der Waals surface area contributed by atoms with Gasteiger partial charge < -0.3 is 10.4 Å². The topological polar surface area (TPSA) is 41.5 Å². The average Bonchev–Trinajstić information content (AvgIpc) is 2.18. The van der Waals surface area contributed by atoms with Crippen molar-refractivity contribution in [3.05, 3.63) is 0 Å². The van der Waals surface area contributed by atoms with Gasteiger partial charge in [0, 0.05) is 12.1 Å². The van der Waals surface area contributed by atoms with Crippen LogP contribution >= 0.6 is 0 Å². The second-order valence-electron chi connectivity index (χ2n) is 3.37. The maximum Gasteiger partial charge on any atom is 0.522 e. The third-order valence-electron chi connectivity index (χ3n) is 2.52. The van der Waals surface area contributed by atoms with E-state index in [1.807, 2.05) is 13.8 Å². The highest BCUT2D eigenvalue weighted by molar-refractivity contribution is 4.84. The van der Waals surface area contributed by atoms with Gasteiger partial charge in [0.25, 0.3) is 0 Å². The zero-order valence-corrected chi connectivity index (χ0v) is 9.02. The molecule has 0 saturated carbocycles. The normalized spacial score (nSPS) is 13.2. The Balaban J connectivity index is 3.82. The van der Waals surface area contributed by atoms with Crippen molar-refractivity contribution in [1.29, 1.82) is 0 Å². The number of hydrogen-bond acceptors (Lipinski definition) is 3. The first-order chi connectivity index (χ1) is 6.89. The van der Waals surface area contributed by atoms with E-state index in [2.05, 4.69) is 10.1 Å². The lowest BCUT2D eigenvalue weighted by molar-refractivity contribution is -0.323. The summed E-state index contributed by atoms with van der Waals surface area (Å²) in [5, 5.41) is 12.0. The van der Waals surface area contributed by atoms with Gasteiger partial charge in [-0.25, -0.2) is 0 Å². The first-order valence-electron chi connectivity index (χ1n) is 4.95. The highest BCUT2D eigenvalue weighted by Gasteiger charge is 2.29. The molecule has 0 aliphatic rings. The number of halogens is 3. The van der Waals surface area contributed by atoms with Crippen molar-refractivity contribution in [3.8, 4) is 0 Å². The van der Waals surface area contributed by atoms with E-state index in [0.717, 1.165) is 0 Å². The molecule has 0 bridgehead atoms. The summed E-state index contributed by atoms with van der Waals surface area (Å²) in [6, 6.07) is 0. The Kier molecular flexibility index (Phi) is 6.16. The fourth-order valence-electron chi connectivity index (χ4n) is 1.26. The molecule has 0 aromatic carbocycles. The number of hydrogen-bond donors (Lipinski definition) is 2. The third-order valence-corrected chi connectivity index (χ3v) is 2.52. The summed E-state index contributed by atoms with van der Waals surface area (Å²) >= 11 is 0. The van der Waals surface area contributed by atoms with Gasteiger partial charge in [0.05, 0.1) is 13.2 Å². The number of aliphatic hydroxyl groups excluding tert-OH is 1. The molecule has 3 nitrogen and oxygen atoms in total. The smallest absolute Gasteiger partial charge is 0.394 e. The molecule has 6 heteroatoms. The van der Waals surface area contributed by atoms with E-state index < -0.39 is 18.5 Å². The van der Waals surface area contributed by atoms with Crippen molar-refractivity contribution in [3.63, 3.8) is 0 Å². The van der Waals surface area contributed by atoms with Gasteiger partial charge in [-0.3, -0.25) is 4.74 Å². The van der Waals surface area contributed by atoms with Crippen LogP contribution in [0.4, 0.5) is 13.2 Å². The molecule has 15 heavy (non-hydrogen) atoms. The van der Waals surface area contributed by atoms with Gasteiger partial charge in [-0.15, -0.1) is 13.2 Å². The van der Waals surface area contributed by atoms with Gasteiger partial charge in [0.15, 0.2) is 0 Å². The predicted octanol–water partition coefficient (Wildman–Crippen LogP) is 1.66. The van der Waals surface area contributed by atoms with Crippen molar-refractivity contribution < 1.29 is 23.0 Å². The predicted molar refractivity (Wildman–Crippen MR) is 50.4 cm³/mol. The van der Waals surface area contributed by atoms with Crippen molar-refractivity contribution in [2.75, 3.05) is 19.8 Å². The fourth-order valence-corrected chi connectivity index (χ4v) is 1.26. The zero-order valence-electron chi connectivity index (χ0n) is 9.02. The van der Waals surface area contributed by atoms with Gasteiger partial charge in [0.1, 0.15) is 0 Å². The SMILES string of the molecule is CCC(CC)(CO)NCCOC(F)(F)F. The standard InChI is InChI=1S/C9H18F3NO2/c1-3-8(4-2,7-14)13-5-6-15-9(10,11)12/h13-14H,3-7H2,1-2H3. The Bertz CT molecular complexity index is 161. The van der Waals surface area contributed by atoms with E-state index in [0.29, 0.717) is 12.8 Å². The van der Waals surface area contributed by atoms with Crippen LogP contribution in [0, 0.1) is 0 Å². The van der Waals surface area contributed by atoms with Crippen LogP contribution in [-0.4, -0.2) is 36.8 Å². The molecule has 0 rings (SSSR count). The Labute approximate surface area is 87.6 Å². The summed E-state index contributed by atoms with van der Waals surface area (Å²) in [7, 11) is 0. The third kappa shape index (κ3) is 5.96. The van der Waals surface area contributed by atoms with E-state index in [9.17, 15) is 13.2 Å². The van der Waals surface area contributed by atoms with E-state index in [-0.39, 0.29) is 13.2 Å². The van der Waals surface area contributed by atoms with Crippen LogP contribution in [0.25, 0.3) is 0 Å². The Morgan fingerprint density at radius 2 is 1.73 bits per heavy atom. The molecule has 0 fully saturated rings. The quantitative estimate of drug-likeness (QED) is 0.652. The molecule has 0 aromatic heterocycles. The molecular weight excluding hydrogens is 211 g/mol. The highest BCUT2D eigenvalue weighted by Crippen LogP contribution is 2.16. The van der Waals surface area contributed by atoms with E-state index in [1.165, 1.54) is 0 Å². The Morgan fingerprint density at radius 3 is 2.07 bits per heavy atom. The van der Waals surface area contributed by atoms with Crippen LogP contribution in [0.15, 0.2) is 0 Å². The maximum atomic E-state index is 11.6. The summed E-state index contributed by atoms with van der Waals surface area (Å²) in [4.78, 5) is 0. The van der Waals surface area contributed by atoms with Gasteiger partial charge >= 0.3 is 6.36 Å². The lowest BCUT2D eigenvalue weighted by Gasteiger charge is -2.30. The van der Waals surface area contributed by atoms with Gasteiger partial charge in [-0.2, -0.15) is 0 Å². The van der Waals surface area contributed by atoms with Crippen molar-refractivity contribution >= 4 is 0 Å². The second kappa shape index (κ2) is 6.30. The largest absolute Gasteiger partial charge is 0.522 e. The fraction of sp³-hybridized carbons (Fsp3) is 1.00. The summed E-state index contributed by atoms with van der Waals surface area (Å²) in [6.45, 7) is 3.29. The van der Waals surface area contributed by atoms with E-state index in [1.54, 1.807) is 0 Å². The number of ether oxygens (including phenoxy) is 1. The molecule has 0 amide bonds. The van der Waals surface area contributed by atoms with Crippen LogP contribution in [0.1, 0.15) is 26.7 Å². The molecular formula is C9H18F3NO2. The van der Waals surface area contributed by atoms with Crippen LogP contribution in [0.5, 0.6) is 0 Å². The van der Waals surface area contributed by atoms with E-state index in [4.69, 9.17) is 5.11 Å². The summed E-state index contributed by atoms with van der Waals surface area (Å²) < 4.78 is 38.5. The lowest BCUT2D eigenvalue weighted by Crippen LogP contribution is -2.49. The average molecular weight is 229 g/mol. The zero-order chi connectivity index (χ0) is 11.9. The molecule has 0 atom stereocenters. The Hall–Kier alpha value is -0.330. The van der Waals surface area contributed by atoms with E-state index >= 15 is 0 Å². The van der Waals surface area contributed by atoms with Crippen molar-refractivity contribution in [1.82, 2.24) is 5.32 Å². The molecule has 0 spiro atoms. The molecule has 0 aliphatic heterocycles. The molecule has 0 saturated heterocycles. The van der Waals surface area contributed by atoms with Crippen LogP contribution in [0.2, 0.25) is 0 Å². The molecule has 0 aromatic rings. The first-order valence-corrected chi connectivity index (χ1v) is 4.95. The first kappa shape index (κ1) is 14.7. The summed E-state index contributed by atoms with van der Waals surface area (Å²) in [5.41, 5.74) is -0.491. The van der Waals surface area contributed by atoms with Gasteiger partial charge in [-0.1, -0.05) is 13.8 Å².